The van der Waals surface area contributed by atoms with Gasteiger partial charge in [-0.3, -0.25) is 4.90 Å². The lowest BCUT2D eigenvalue weighted by Gasteiger charge is -2.43. The fourth-order valence-electron chi connectivity index (χ4n) is 3.53. The summed E-state index contributed by atoms with van der Waals surface area (Å²) in [5.41, 5.74) is 3.29. The van der Waals surface area contributed by atoms with Crippen molar-refractivity contribution in [1.82, 2.24) is 14.5 Å². The van der Waals surface area contributed by atoms with Crippen LogP contribution in [0, 0.1) is 0 Å². The Balaban J connectivity index is 1.50. The van der Waals surface area contributed by atoms with E-state index in [1.54, 1.807) is 6.33 Å². The largest absolute Gasteiger partial charge is 0.445 e. The molecule has 6 heteroatoms. The van der Waals surface area contributed by atoms with Crippen LogP contribution in [0.4, 0.5) is 4.79 Å². The first-order valence-corrected chi connectivity index (χ1v) is 8.46. The fraction of sp³-hybridized carbons (Fsp3) is 0.368. The molecule has 25 heavy (non-hydrogen) atoms. The zero-order valence-corrected chi connectivity index (χ0v) is 14.2. The number of aryl methyl sites for hydroxylation is 1. The average Bonchev–Trinajstić information content (AvgIpc) is 3.05. The van der Waals surface area contributed by atoms with Crippen molar-refractivity contribution in [2.75, 3.05) is 13.2 Å². The topological polar surface area (TPSA) is 56.6 Å². The molecule has 1 fully saturated rings. The monoisotopic (exact) mass is 339 g/mol. The van der Waals surface area contributed by atoms with E-state index in [-0.39, 0.29) is 24.8 Å². The number of hydrogen-bond acceptors (Lipinski definition) is 4. The van der Waals surface area contributed by atoms with Crippen molar-refractivity contribution in [2.24, 2.45) is 7.05 Å². The van der Waals surface area contributed by atoms with Crippen molar-refractivity contribution in [3.8, 4) is 0 Å². The first kappa shape index (κ1) is 15.9. The molecule has 2 unspecified atom stereocenters. The zero-order chi connectivity index (χ0) is 17.2. The van der Waals surface area contributed by atoms with Crippen LogP contribution in [0.3, 0.4) is 0 Å². The molecule has 0 N–H and O–H groups in total. The van der Waals surface area contributed by atoms with Gasteiger partial charge in [0.2, 0.25) is 0 Å². The lowest BCUT2D eigenvalue weighted by atomic mass is 9.93. The maximum atomic E-state index is 12.6. The number of rotatable bonds is 3. The molecule has 1 aromatic heterocycles. The van der Waals surface area contributed by atoms with Crippen molar-refractivity contribution in [3.63, 3.8) is 0 Å². The van der Waals surface area contributed by atoms with Crippen LogP contribution in [0.15, 0.2) is 48.9 Å². The second-order valence-corrected chi connectivity index (χ2v) is 6.49. The normalized spacial score (nSPS) is 22.4. The van der Waals surface area contributed by atoms with E-state index < -0.39 is 0 Å². The van der Waals surface area contributed by atoms with Gasteiger partial charge in [0.05, 0.1) is 43.5 Å². The number of amides is 1. The SMILES string of the molecule is Cn1cncc1C1=CC2COCC(C1)N2C(=O)OCc1ccccc1. The van der Waals surface area contributed by atoms with Crippen LogP contribution in [0.25, 0.3) is 5.57 Å². The predicted octanol–water partition coefficient (Wildman–Crippen LogP) is 2.61. The standard InChI is InChI=1S/C19H21N3O3/c1-21-13-20-9-18(21)15-7-16-11-24-12-17(8-15)22(16)19(23)25-10-14-5-3-2-4-6-14/h2-7,9,13,16-17H,8,10-12H2,1H3. The maximum Gasteiger partial charge on any atom is 0.411 e. The summed E-state index contributed by atoms with van der Waals surface area (Å²) in [6.45, 7) is 1.32. The number of benzene rings is 1. The molecule has 3 heterocycles. The molecule has 6 nitrogen and oxygen atoms in total. The van der Waals surface area contributed by atoms with Gasteiger partial charge in [-0.25, -0.2) is 9.78 Å². The van der Waals surface area contributed by atoms with E-state index in [1.165, 1.54) is 5.57 Å². The number of ether oxygens (including phenoxy) is 2. The van der Waals surface area contributed by atoms with Crippen molar-refractivity contribution < 1.29 is 14.3 Å². The molecule has 2 aliphatic heterocycles. The zero-order valence-electron chi connectivity index (χ0n) is 14.2. The maximum absolute atomic E-state index is 12.6. The molecule has 2 aromatic rings. The summed E-state index contributed by atoms with van der Waals surface area (Å²) < 4.78 is 13.2. The van der Waals surface area contributed by atoms with Gasteiger partial charge >= 0.3 is 6.09 Å². The molecule has 0 saturated carbocycles. The third-order valence-corrected chi connectivity index (χ3v) is 4.76. The molecule has 2 aliphatic rings. The van der Waals surface area contributed by atoms with Crippen LogP contribution in [0.1, 0.15) is 17.7 Å². The minimum atomic E-state index is -0.276. The van der Waals surface area contributed by atoms with E-state index in [0.717, 1.165) is 17.7 Å². The van der Waals surface area contributed by atoms with Crippen LogP contribution in [-0.4, -0.2) is 45.8 Å². The highest BCUT2D eigenvalue weighted by atomic mass is 16.6. The minimum Gasteiger partial charge on any atom is -0.445 e. The number of nitrogens with zero attached hydrogens (tertiary/aromatic N) is 3. The third kappa shape index (κ3) is 3.17. The van der Waals surface area contributed by atoms with E-state index in [4.69, 9.17) is 9.47 Å². The number of imidazole rings is 1. The van der Waals surface area contributed by atoms with Crippen LogP contribution in [0.2, 0.25) is 0 Å². The van der Waals surface area contributed by atoms with Crippen LogP contribution >= 0.6 is 0 Å². The van der Waals surface area contributed by atoms with Gasteiger partial charge in [-0.1, -0.05) is 36.4 Å². The Hall–Kier alpha value is -2.60. The Morgan fingerprint density at radius 3 is 2.88 bits per heavy atom. The summed E-state index contributed by atoms with van der Waals surface area (Å²) in [7, 11) is 1.98. The van der Waals surface area contributed by atoms with E-state index in [1.807, 2.05) is 53.0 Å². The van der Waals surface area contributed by atoms with Crippen LogP contribution in [0.5, 0.6) is 0 Å². The van der Waals surface area contributed by atoms with Gasteiger partial charge in [-0.05, 0) is 17.6 Å². The average molecular weight is 339 g/mol. The second-order valence-electron chi connectivity index (χ2n) is 6.49. The second kappa shape index (κ2) is 6.72. The molecule has 0 radical (unpaired) electrons. The molecule has 1 amide bonds. The van der Waals surface area contributed by atoms with Gasteiger partial charge in [0.1, 0.15) is 6.61 Å². The number of hydrogen-bond donors (Lipinski definition) is 0. The number of carbonyl (C=O) groups excluding carboxylic acids is 1. The smallest absolute Gasteiger partial charge is 0.411 e. The summed E-state index contributed by atoms with van der Waals surface area (Å²) in [5.74, 6) is 0. The van der Waals surface area contributed by atoms with E-state index in [0.29, 0.717) is 13.2 Å². The van der Waals surface area contributed by atoms with Gasteiger partial charge in [0, 0.05) is 7.05 Å². The van der Waals surface area contributed by atoms with Crippen LogP contribution < -0.4 is 0 Å². The fourth-order valence-corrected chi connectivity index (χ4v) is 3.53. The van der Waals surface area contributed by atoms with Gasteiger partial charge in [-0.15, -0.1) is 0 Å². The third-order valence-electron chi connectivity index (χ3n) is 4.76. The van der Waals surface area contributed by atoms with Crippen molar-refractivity contribution >= 4 is 11.7 Å². The quantitative estimate of drug-likeness (QED) is 0.862. The summed E-state index contributed by atoms with van der Waals surface area (Å²) in [6, 6.07) is 9.63. The van der Waals surface area contributed by atoms with E-state index >= 15 is 0 Å². The Morgan fingerprint density at radius 2 is 2.16 bits per heavy atom. The summed E-state index contributed by atoms with van der Waals surface area (Å²) in [4.78, 5) is 18.7. The van der Waals surface area contributed by atoms with E-state index in [2.05, 4.69) is 11.1 Å². The minimum absolute atomic E-state index is 0.00285. The highest BCUT2D eigenvalue weighted by Gasteiger charge is 2.39. The van der Waals surface area contributed by atoms with Gasteiger partial charge in [-0.2, -0.15) is 0 Å². The molecule has 0 spiro atoms. The van der Waals surface area contributed by atoms with Gasteiger partial charge < -0.3 is 14.0 Å². The number of fused-ring (bicyclic) bond motifs is 2. The Kier molecular flexibility index (Phi) is 4.28. The molecule has 130 valence electrons. The molecular weight excluding hydrogens is 318 g/mol. The van der Waals surface area contributed by atoms with Crippen molar-refractivity contribution in [1.29, 1.82) is 0 Å². The van der Waals surface area contributed by atoms with Crippen molar-refractivity contribution in [2.45, 2.75) is 25.1 Å². The molecule has 1 aromatic carbocycles. The van der Waals surface area contributed by atoms with E-state index in [9.17, 15) is 4.79 Å². The molecule has 1 saturated heterocycles. The highest BCUT2D eigenvalue weighted by Crippen LogP contribution is 2.32. The first-order valence-electron chi connectivity index (χ1n) is 8.46. The molecular formula is C19H21N3O3. The van der Waals surface area contributed by atoms with Gasteiger partial charge in [0.15, 0.2) is 0 Å². The van der Waals surface area contributed by atoms with Crippen molar-refractivity contribution in [3.05, 3.63) is 60.2 Å². The first-order chi connectivity index (χ1) is 12.2. The molecule has 2 bridgehead atoms. The van der Waals surface area contributed by atoms with Crippen LogP contribution in [-0.2, 0) is 23.1 Å². The molecule has 0 aliphatic carbocycles. The summed E-state index contributed by atoms with van der Waals surface area (Å²) in [5, 5.41) is 0. The Bertz CT molecular complexity index is 784. The summed E-state index contributed by atoms with van der Waals surface area (Å²) in [6.07, 6.45) is 6.24. The highest BCUT2D eigenvalue weighted by molar-refractivity contribution is 5.73. The summed E-state index contributed by atoms with van der Waals surface area (Å²) >= 11 is 0. The number of morpholine rings is 1. The number of carbonyl (C=O) groups is 1. The lowest BCUT2D eigenvalue weighted by Crippen LogP contribution is -2.56. The Labute approximate surface area is 146 Å². The number of aromatic nitrogens is 2. The predicted molar refractivity (Wildman–Crippen MR) is 92.7 cm³/mol. The lowest BCUT2D eigenvalue weighted by molar-refractivity contribution is -0.0342. The van der Waals surface area contributed by atoms with Gasteiger partial charge in [0.25, 0.3) is 0 Å². The Morgan fingerprint density at radius 1 is 1.32 bits per heavy atom. The molecule has 2 atom stereocenters. The molecule has 4 rings (SSSR count).